The van der Waals surface area contributed by atoms with Crippen LogP contribution in [0.2, 0.25) is 0 Å². The molecule has 2 heteroatoms. The van der Waals surface area contributed by atoms with Crippen LogP contribution >= 0.6 is 0 Å². The first-order chi connectivity index (χ1) is 8.15. The fourth-order valence-corrected chi connectivity index (χ4v) is 2.72. The molecule has 0 heterocycles. The molecule has 1 aromatic rings. The summed E-state index contributed by atoms with van der Waals surface area (Å²) in [7, 11) is 2.25. The van der Waals surface area contributed by atoms with E-state index in [-0.39, 0.29) is 0 Å². The molecule has 2 nitrogen and oxygen atoms in total. The van der Waals surface area contributed by atoms with Crippen LogP contribution in [0.5, 0.6) is 0 Å². The van der Waals surface area contributed by atoms with E-state index in [9.17, 15) is 0 Å². The highest BCUT2D eigenvalue weighted by molar-refractivity contribution is 5.39. The smallest absolute Gasteiger partial charge is 0.0314 e. The van der Waals surface area contributed by atoms with Gasteiger partial charge in [0.15, 0.2) is 0 Å². The molecule has 0 radical (unpaired) electrons. The maximum Gasteiger partial charge on any atom is 0.0314 e. The molecular weight excluding hydrogens is 208 g/mol. The molecule has 2 N–H and O–H groups in total. The Kier molecular flexibility index (Phi) is 4.06. The molecule has 17 heavy (non-hydrogen) atoms. The van der Waals surface area contributed by atoms with Crippen LogP contribution in [0.4, 0.5) is 5.69 Å². The normalized spacial score (nSPS) is 25.1. The second kappa shape index (κ2) is 5.54. The lowest BCUT2D eigenvalue weighted by molar-refractivity contribution is 0.164. The number of nitrogens with two attached hydrogens (primary N) is 1. The predicted octanol–water partition coefficient (Wildman–Crippen LogP) is 3.28. The average Bonchev–Trinajstić information content (AvgIpc) is 2.33. The van der Waals surface area contributed by atoms with Crippen molar-refractivity contribution in [1.29, 1.82) is 0 Å². The van der Waals surface area contributed by atoms with E-state index in [0.29, 0.717) is 0 Å². The Labute approximate surface area is 105 Å². The van der Waals surface area contributed by atoms with E-state index in [0.717, 1.165) is 24.2 Å². The van der Waals surface area contributed by atoms with Crippen LogP contribution < -0.4 is 5.73 Å². The Morgan fingerprint density at radius 3 is 2.29 bits per heavy atom. The van der Waals surface area contributed by atoms with Gasteiger partial charge in [0.05, 0.1) is 0 Å². The minimum absolute atomic E-state index is 0.767. The fourth-order valence-electron chi connectivity index (χ4n) is 2.72. The zero-order valence-electron chi connectivity index (χ0n) is 11.0. The van der Waals surface area contributed by atoms with Gasteiger partial charge in [0.2, 0.25) is 0 Å². The van der Waals surface area contributed by atoms with Crippen LogP contribution in [0, 0.1) is 5.92 Å². The Hall–Kier alpha value is -1.02. The Morgan fingerprint density at radius 2 is 1.71 bits per heavy atom. The first-order valence-electron chi connectivity index (χ1n) is 6.70. The molecule has 94 valence electrons. The first-order valence-corrected chi connectivity index (χ1v) is 6.70. The van der Waals surface area contributed by atoms with E-state index < -0.39 is 0 Å². The van der Waals surface area contributed by atoms with E-state index in [4.69, 9.17) is 5.73 Å². The molecule has 0 spiro atoms. The molecule has 0 atom stereocenters. The summed E-state index contributed by atoms with van der Waals surface area (Å²) in [5.74, 6) is 0.927. The summed E-state index contributed by atoms with van der Waals surface area (Å²) < 4.78 is 0. The van der Waals surface area contributed by atoms with Gasteiger partial charge in [0, 0.05) is 18.3 Å². The highest BCUT2D eigenvalue weighted by atomic mass is 15.1. The lowest BCUT2D eigenvalue weighted by atomic mass is 9.86. The maximum atomic E-state index is 5.70. The SMILES string of the molecule is CC1CCC(N(C)Cc2ccc(N)cc2)CC1. The molecule has 2 rings (SSSR count). The van der Waals surface area contributed by atoms with Crippen molar-refractivity contribution in [2.24, 2.45) is 5.92 Å². The van der Waals surface area contributed by atoms with Crippen molar-refractivity contribution >= 4 is 5.69 Å². The van der Waals surface area contributed by atoms with Gasteiger partial charge >= 0.3 is 0 Å². The van der Waals surface area contributed by atoms with E-state index >= 15 is 0 Å². The first kappa shape index (κ1) is 12.4. The summed E-state index contributed by atoms with van der Waals surface area (Å²) in [5.41, 5.74) is 7.91. The third kappa shape index (κ3) is 3.47. The summed E-state index contributed by atoms with van der Waals surface area (Å²) in [6.07, 6.45) is 5.48. The minimum atomic E-state index is 0.767. The maximum absolute atomic E-state index is 5.70. The Balaban J connectivity index is 1.88. The topological polar surface area (TPSA) is 29.3 Å². The fraction of sp³-hybridized carbons (Fsp3) is 0.600. The van der Waals surface area contributed by atoms with Crippen LogP contribution in [0.15, 0.2) is 24.3 Å². The summed E-state index contributed by atoms with van der Waals surface area (Å²) in [6, 6.07) is 9.02. The summed E-state index contributed by atoms with van der Waals surface area (Å²) in [6.45, 7) is 3.41. The number of rotatable bonds is 3. The van der Waals surface area contributed by atoms with Gasteiger partial charge in [-0.2, -0.15) is 0 Å². The van der Waals surface area contributed by atoms with E-state index in [1.165, 1.54) is 31.2 Å². The van der Waals surface area contributed by atoms with Gasteiger partial charge < -0.3 is 5.73 Å². The van der Waals surface area contributed by atoms with Gasteiger partial charge in [-0.1, -0.05) is 19.1 Å². The second-order valence-electron chi connectivity index (χ2n) is 5.57. The van der Waals surface area contributed by atoms with Gasteiger partial charge in [0.1, 0.15) is 0 Å². The minimum Gasteiger partial charge on any atom is -0.399 e. The molecule has 1 aliphatic carbocycles. The van der Waals surface area contributed by atoms with Gasteiger partial charge in [0.25, 0.3) is 0 Å². The van der Waals surface area contributed by atoms with Gasteiger partial charge in [-0.15, -0.1) is 0 Å². The quantitative estimate of drug-likeness (QED) is 0.810. The standard InChI is InChI=1S/C15H24N2/c1-12-3-9-15(10-4-12)17(2)11-13-5-7-14(16)8-6-13/h5-8,12,15H,3-4,9-11,16H2,1-2H3. The molecule has 0 aliphatic heterocycles. The molecule has 0 amide bonds. The highest BCUT2D eigenvalue weighted by Crippen LogP contribution is 2.27. The average molecular weight is 232 g/mol. The van der Waals surface area contributed by atoms with E-state index in [1.54, 1.807) is 0 Å². The summed E-state index contributed by atoms with van der Waals surface area (Å²) in [4.78, 5) is 2.50. The summed E-state index contributed by atoms with van der Waals surface area (Å²) >= 11 is 0. The third-order valence-electron chi connectivity index (χ3n) is 4.02. The van der Waals surface area contributed by atoms with E-state index in [1.807, 2.05) is 12.1 Å². The van der Waals surface area contributed by atoms with Gasteiger partial charge in [-0.05, 0) is 56.3 Å². The number of hydrogen-bond acceptors (Lipinski definition) is 2. The Bertz CT molecular complexity index is 336. The monoisotopic (exact) mass is 232 g/mol. The molecule has 1 saturated carbocycles. The predicted molar refractivity (Wildman–Crippen MR) is 73.7 cm³/mol. The molecule has 0 aromatic heterocycles. The second-order valence-corrected chi connectivity index (χ2v) is 5.57. The molecule has 1 aliphatic rings. The lowest BCUT2D eigenvalue weighted by Crippen LogP contribution is -2.34. The van der Waals surface area contributed by atoms with Crippen LogP contribution in [0.3, 0.4) is 0 Å². The molecular formula is C15H24N2. The van der Waals surface area contributed by atoms with E-state index in [2.05, 4.69) is 31.0 Å². The van der Waals surface area contributed by atoms with Crippen molar-refractivity contribution in [1.82, 2.24) is 4.90 Å². The van der Waals surface area contributed by atoms with Gasteiger partial charge in [-0.25, -0.2) is 0 Å². The largest absolute Gasteiger partial charge is 0.399 e. The number of anilines is 1. The molecule has 0 bridgehead atoms. The number of nitrogens with zero attached hydrogens (tertiary/aromatic N) is 1. The van der Waals surface area contributed by atoms with Gasteiger partial charge in [-0.3, -0.25) is 4.90 Å². The van der Waals surface area contributed by atoms with Crippen molar-refractivity contribution in [3.8, 4) is 0 Å². The number of benzene rings is 1. The van der Waals surface area contributed by atoms with Crippen molar-refractivity contribution in [2.45, 2.75) is 45.2 Å². The Morgan fingerprint density at radius 1 is 1.12 bits per heavy atom. The molecule has 1 aromatic carbocycles. The highest BCUT2D eigenvalue weighted by Gasteiger charge is 2.21. The van der Waals surface area contributed by atoms with Crippen molar-refractivity contribution in [3.05, 3.63) is 29.8 Å². The van der Waals surface area contributed by atoms with Crippen molar-refractivity contribution < 1.29 is 0 Å². The number of nitrogen functional groups attached to an aromatic ring is 1. The third-order valence-corrected chi connectivity index (χ3v) is 4.02. The van der Waals surface area contributed by atoms with Crippen LogP contribution in [-0.4, -0.2) is 18.0 Å². The number of hydrogen-bond donors (Lipinski definition) is 1. The molecule has 0 saturated heterocycles. The van der Waals surface area contributed by atoms with Crippen LogP contribution in [0.25, 0.3) is 0 Å². The zero-order chi connectivity index (χ0) is 12.3. The zero-order valence-corrected chi connectivity index (χ0v) is 11.0. The molecule has 0 unspecified atom stereocenters. The van der Waals surface area contributed by atoms with Crippen molar-refractivity contribution in [2.75, 3.05) is 12.8 Å². The van der Waals surface area contributed by atoms with Crippen LogP contribution in [-0.2, 0) is 6.54 Å². The lowest BCUT2D eigenvalue weighted by Gasteiger charge is -2.33. The molecule has 1 fully saturated rings. The summed E-state index contributed by atoms with van der Waals surface area (Å²) in [5, 5.41) is 0. The van der Waals surface area contributed by atoms with Crippen molar-refractivity contribution in [3.63, 3.8) is 0 Å². The van der Waals surface area contributed by atoms with Crippen LogP contribution in [0.1, 0.15) is 38.2 Å².